The van der Waals surface area contributed by atoms with Gasteiger partial charge in [0.15, 0.2) is 11.5 Å². The molecule has 0 aliphatic carbocycles. The van der Waals surface area contributed by atoms with E-state index in [1.54, 1.807) is 19.1 Å². The van der Waals surface area contributed by atoms with Crippen LogP contribution in [0.4, 0.5) is 4.39 Å². The quantitative estimate of drug-likeness (QED) is 0.784. The van der Waals surface area contributed by atoms with Crippen LogP contribution in [0, 0.1) is 12.7 Å². The van der Waals surface area contributed by atoms with E-state index in [1.807, 2.05) is 12.1 Å². The fourth-order valence-electron chi connectivity index (χ4n) is 3.22. The molecule has 1 fully saturated rings. The van der Waals surface area contributed by atoms with Crippen molar-refractivity contribution in [3.8, 4) is 5.88 Å². The summed E-state index contributed by atoms with van der Waals surface area (Å²) in [4.78, 5) is 8.73. The minimum absolute atomic E-state index is 0.101. The second kappa shape index (κ2) is 6.80. The van der Waals surface area contributed by atoms with Gasteiger partial charge in [-0.25, -0.2) is 14.4 Å². The molecule has 25 heavy (non-hydrogen) atoms. The molecule has 0 unspecified atom stereocenters. The Morgan fingerprint density at radius 2 is 2.08 bits per heavy atom. The summed E-state index contributed by atoms with van der Waals surface area (Å²) in [5.41, 5.74) is 2.55. The number of halogens is 1. The average Bonchev–Trinajstić information content (AvgIpc) is 2.99. The van der Waals surface area contributed by atoms with Crippen LogP contribution in [0.3, 0.4) is 0 Å². The van der Waals surface area contributed by atoms with Crippen LogP contribution in [0.1, 0.15) is 35.9 Å². The van der Waals surface area contributed by atoms with Crippen LogP contribution in [0.15, 0.2) is 34.7 Å². The molecule has 3 aromatic rings. The van der Waals surface area contributed by atoms with E-state index in [0.717, 1.165) is 31.6 Å². The Kier molecular flexibility index (Phi) is 4.36. The molecule has 1 N–H and O–H groups in total. The number of hydrogen-bond donors (Lipinski definition) is 1. The Morgan fingerprint density at radius 1 is 1.24 bits per heavy atom. The summed E-state index contributed by atoms with van der Waals surface area (Å²) in [5, 5.41) is 3.35. The number of aryl methyl sites for hydroxylation is 1. The summed E-state index contributed by atoms with van der Waals surface area (Å²) in [6.07, 6.45) is 2.15. The topological polar surface area (TPSA) is 60.2 Å². The molecule has 0 spiro atoms. The van der Waals surface area contributed by atoms with E-state index in [1.165, 1.54) is 6.07 Å². The first-order chi connectivity index (χ1) is 12.2. The number of nitrogens with zero attached hydrogens (tertiary/aromatic N) is 2. The predicted molar refractivity (Wildman–Crippen MR) is 92.1 cm³/mol. The number of rotatable bonds is 4. The highest BCUT2D eigenvalue weighted by molar-refractivity contribution is 5.73. The summed E-state index contributed by atoms with van der Waals surface area (Å²) in [6, 6.07) is 8.80. The van der Waals surface area contributed by atoms with Gasteiger partial charge in [0.2, 0.25) is 5.88 Å². The van der Waals surface area contributed by atoms with Gasteiger partial charge in [-0.05, 0) is 38.1 Å². The lowest BCUT2D eigenvalue weighted by molar-refractivity contribution is 0.286. The fourth-order valence-corrected chi connectivity index (χ4v) is 3.22. The van der Waals surface area contributed by atoms with Crippen molar-refractivity contribution in [1.29, 1.82) is 0 Å². The Labute approximate surface area is 145 Å². The molecule has 130 valence electrons. The van der Waals surface area contributed by atoms with Crippen LogP contribution in [-0.4, -0.2) is 23.1 Å². The maximum absolute atomic E-state index is 14.2. The van der Waals surface area contributed by atoms with Crippen molar-refractivity contribution >= 4 is 11.1 Å². The van der Waals surface area contributed by atoms with Crippen molar-refractivity contribution in [2.45, 2.75) is 32.3 Å². The van der Waals surface area contributed by atoms with Crippen LogP contribution in [0.2, 0.25) is 0 Å². The lowest BCUT2D eigenvalue weighted by Gasteiger charge is -2.22. The smallest absolute Gasteiger partial charge is 0.213 e. The van der Waals surface area contributed by atoms with Gasteiger partial charge in [0.25, 0.3) is 0 Å². The van der Waals surface area contributed by atoms with Crippen LogP contribution >= 0.6 is 0 Å². The van der Waals surface area contributed by atoms with Crippen molar-refractivity contribution in [1.82, 2.24) is 15.3 Å². The van der Waals surface area contributed by atoms with E-state index in [2.05, 4.69) is 15.3 Å². The molecule has 6 heteroatoms. The fraction of sp³-hybridized carbons (Fsp3) is 0.368. The molecule has 5 nitrogen and oxygen atoms in total. The second-order valence-corrected chi connectivity index (χ2v) is 6.36. The normalized spacial score (nSPS) is 15.6. The van der Waals surface area contributed by atoms with E-state index < -0.39 is 0 Å². The maximum Gasteiger partial charge on any atom is 0.213 e. The van der Waals surface area contributed by atoms with Crippen molar-refractivity contribution < 1.29 is 13.5 Å². The number of hydrogen-bond acceptors (Lipinski definition) is 5. The number of piperidine rings is 1. The average molecular weight is 341 g/mol. The maximum atomic E-state index is 14.2. The summed E-state index contributed by atoms with van der Waals surface area (Å²) >= 11 is 0. The highest BCUT2D eigenvalue weighted by Gasteiger charge is 2.17. The Morgan fingerprint density at radius 3 is 2.92 bits per heavy atom. The predicted octanol–water partition coefficient (Wildman–Crippen LogP) is 3.72. The number of oxazole rings is 1. The van der Waals surface area contributed by atoms with Gasteiger partial charge in [0.05, 0.1) is 0 Å². The first-order valence-electron chi connectivity index (χ1n) is 8.55. The molecular formula is C19H20FN3O2. The molecule has 3 heterocycles. The molecule has 0 radical (unpaired) electrons. The Bertz CT molecular complexity index is 888. The van der Waals surface area contributed by atoms with Crippen molar-refractivity contribution in [3.63, 3.8) is 0 Å². The van der Waals surface area contributed by atoms with Crippen LogP contribution in [-0.2, 0) is 6.61 Å². The zero-order chi connectivity index (χ0) is 17.2. The van der Waals surface area contributed by atoms with Crippen molar-refractivity contribution in [2.24, 2.45) is 0 Å². The van der Waals surface area contributed by atoms with Gasteiger partial charge >= 0.3 is 0 Å². The zero-order valence-electron chi connectivity index (χ0n) is 14.1. The molecule has 0 atom stereocenters. The second-order valence-electron chi connectivity index (χ2n) is 6.36. The Hall–Kier alpha value is -2.47. The standard InChI is InChI=1S/C19H20FN3O2/c1-12-22-17-10-15(20)14(9-18(17)25-12)11-24-19-4-2-3-16(23-19)13-5-7-21-8-6-13/h2-4,9-10,13,21H,5-8,11H2,1H3. The lowest BCUT2D eigenvalue weighted by Crippen LogP contribution is -2.27. The van der Waals surface area contributed by atoms with Crippen LogP contribution < -0.4 is 10.1 Å². The van der Waals surface area contributed by atoms with Gasteiger partial charge in [0, 0.05) is 36.2 Å². The molecule has 1 aliphatic rings. The van der Waals surface area contributed by atoms with Crippen LogP contribution in [0.25, 0.3) is 11.1 Å². The third-order valence-corrected chi connectivity index (χ3v) is 4.54. The summed E-state index contributed by atoms with van der Waals surface area (Å²) in [7, 11) is 0. The molecule has 1 saturated heterocycles. The number of pyridine rings is 1. The van der Waals surface area contributed by atoms with Gasteiger partial charge in [-0.2, -0.15) is 0 Å². The molecule has 0 amide bonds. The summed E-state index contributed by atoms with van der Waals surface area (Å²) in [5.74, 6) is 1.14. The third kappa shape index (κ3) is 3.49. The molecule has 1 aromatic carbocycles. The van der Waals surface area contributed by atoms with Gasteiger partial charge in [-0.15, -0.1) is 0 Å². The Balaban J connectivity index is 1.50. The number of ether oxygens (including phenoxy) is 1. The first-order valence-corrected chi connectivity index (χ1v) is 8.55. The first kappa shape index (κ1) is 16.0. The monoisotopic (exact) mass is 341 g/mol. The van der Waals surface area contributed by atoms with Crippen LogP contribution in [0.5, 0.6) is 5.88 Å². The van der Waals surface area contributed by atoms with E-state index >= 15 is 0 Å². The number of fused-ring (bicyclic) bond motifs is 1. The van der Waals surface area contributed by atoms with E-state index in [4.69, 9.17) is 9.15 Å². The van der Waals surface area contributed by atoms with E-state index in [0.29, 0.717) is 34.4 Å². The highest BCUT2D eigenvalue weighted by atomic mass is 19.1. The summed E-state index contributed by atoms with van der Waals surface area (Å²) in [6.45, 7) is 3.87. The van der Waals surface area contributed by atoms with E-state index in [9.17, 15) is 4.39 Å². The molecule has 0 saturated carbocycles. The SMILES string of the molecule is Cc1nc2cc(F)c(COc3cccc(C4CCNCC4)n3)cc2o1. The molecule has 1 aliphatic heterocycles. The molecular weight excluding hydrogens is 321 g/mol. The number of benzene rings is 1. The third-order valence-electron chi connectivity index (χ3n) is 4.54. The van der Waals surface area contributed by atoms with Crippen molar-refractivity contribution in [2.75, 3.05) is 13.1 Å². The largest absolute Gasteiger partial charge is 0.473 e. The van der Waals surface area contributed by atoms with Crippen molar-refractivity contribution in [3.05, 3.63) is 53.3 Å². The zero-order valence-corrected chi connectivity index (χ0v) is 14.1. The van der Waals surface area contributed by atoms with Gasteiger partial charge < -0.3 is 14.5 Å². The molecule has 0 bridgehead atoms. The minimum Gasteiger partial charge on any atom is -0.473 e. The summed E-state index contributed by atoms with van der Waals surface area (Å²) < 4.78 is 25.4. The molecule has 4 rings (SSSR count). The lowest BCUT2D eigenvalue weighted by atomic mass is 9.94. The van der Waals surface area contributed by atoms with Gasteiger partial charge in [-0.1, -0.05) is 6.07 Å². The van der Waals surface area contributed by atoms with Gasteiger partial charge in [-0.3, -0.25) is 0 Å². The minimum atomic E-state index is -0.352. The van der Waals surface area contributed by atoms with E-state index in [-0.39, 0.29) is 12.4 Å². The number of nitrogens with one attached hydrogen (secondary N) is 1. The highest BCUT2D eigenvalue weighted by Crippen LogP contribution is 2.26. The molecule has 2 aromatic heterocycles. The van der Waals surface area contributed by atoms with Gasteiger partial charge in [0.1, 0.15) is 17.9 Å². The number of aromatic nitrogens is 2.